The maximum atomic E-state index is 9.35. The predicted molar refractivity (Wildman–Crippen MR) is 59.9 cm³/mol. The fourth-order valence-electron chi connectivity index (χ4n) is 1.51. The summed E-state index contributed by atoms with van der Waals surface area (Å²) >= 11 is 0. The van der Waals surface area contributed by atoms with Crippen LogP contribution in [0.2, 0.25) is 0 Å². The smallest absolute Gasteiger partial charge is 0.119 e. The van der Waals surface area contributed by atoms with Gasteiger partial charge in [0.2, 0.25) is 0 Å². The number of benzene rings is 1. The van der Waals surface area contributed by atoms with Gasteiger partial charge < -0.3 is 15.9 Å². The van der Waals surface area contributed by atoms with Crippen LogP contribution in [-0.4, -0.2) is 35.3 Å². The summed E-state index contributed by atoms with van der Waals surface area (Å²) in [7, 11) is 1.96. The van der Waals surface area contributed by atoms with E-state index in [1.54, 1.807) is 12.1 Å². The largest absolute Gasteiger partial charge is 0.508 e. The second-order valence-electron chi connectivity index (χ2n) is 3.73. The fraction of sp³-hybridized carbons (Fsp3) is 0.455. The topological polar surface area (TPSA) is 69.7 Å². The number of nitrogens with zero attached hydrogens (tertiary/aromatic N) is 1. The Morgan fingerprint density at radius 1 is 1.27 bits per heavy atom. The van der Waals surface area contributed by atoms with E-state index in [1.165, 1.54) is 6.07 Å². The van der Waals surface area contributed by atoms with Crippen molar-refractivity contribution in [2.75, 3.05) is 20.1 Å². The fourth-order valence-corrected chi connectivity index (χ4v) is 1.51. The Bertz CT molecular complexity index is 308. The standard InChI is InChI=1S/C11H18N2O2/c1-8(13(2)4-3-12)9-5-10(14)7-11(15)6-9/h5-8,14-15H,3-4,12H2,1-2H3. The van der Waals surface area contributed by atoms with Crippen LogP contribution in [0.5, 0.6) is 11.5 Å². The first-order chi connectivity index (χ1) is 7.04. The zero-order chi connectivity index (χ0) is 11.4. The molecule has 0 heterocycles. The van der Waals surface area contributed by atoms with Crippen LogP contribution in [0.1, 0.15) is 18.5 Å². The Kier molecular flexibility index (Phi) is 3.94. The highest BCUT2D eigenvalue weighted by Crippen LogP contribution is 2.27. The maximum Gasteiger partial charge on any atom is 0.119 e. The summed E-state index contributed by atoms with van der Waals surface area (Å²) in [4.78, 5) is 2.06. The van der Waals surface area contributed by atoms with E-state index in [1.807, 2.05) is 14.0 Å². The van der Waals surface area contributed by atoms with Gasteiger partial charge >= 0.3 is 0 Å². The van der Waals surface area contributed by atoms with Crippen LogP contribution in [-0.2, 0) is 0 Å². The van der Waals surface area contributed by atoms with Gasteiger partial charge in [-0.3, -0.25) is 4.90 Å². The van der Waals surface area contributed by atoms with Crippen LogP contribution in [0, 0.1) is 0 Å². The molecule has 0 aliphatic heterocycles. The van der Waals surface area contributed by atoms with E-state index >= 15 is 0 Å². The molecule has 0 saturated carbocycles. The summed E-state index contributed by atoms with van der Waals surface area (Å²) in [6.07, 6.45) is 0. The van der Waals surface area contributed by atoms with E-state index in [4.69, 9.17) is 5.73 Å². The number of phenols is 2. The molecule has 4 heteroatoms. The molecule has 0 saturated heterocycles. The van der Waals surface area contributed by atoms with Crippen LogP contribution >= 0.6 is 0 Å². The first kappa shape index (κ1) is 11.8. The molecule has 0 radical (unpaired) electrons. The van der Waals surface area contributed by atoms with E-state index in [2.05, 4.69) is 4.90 Å². The minimum atomic E-state index is 0.0815. The van der Waals surface area contributed by atoms with Gasteiger partial charge in [-0.1, -0.05) is 0 Å². The lowest BCUT2D eigenvalue weighted by atomic mass is 10.1. The molecular formula is C11H18N2O2. The van der Waals surface area contributed by atoms with E-state index in [9.17, 15) is 10.2 Å². The number of rotatable bonds is 4. The summed E-state index contributed by atoms with van der Waals surface area (Å²) in [6, 6.07) is 4.74. The third-order valence-corrected chi connectivity index (χ3v) is 2.55. The van der Waals surface area contributed by atoms with Gasteiger partial charge in [0.05, 0.1) is 0 Å². The zero-order valence-electron chi connectivity index (χ0n) is 9.14. The van der Waals surface area contributed by atoms with Crippen LogP contribution < -0.4 is 5.73 Å². The number of nitrogens with two attached hydrogens (primary N) is 1. The summed E-state index contributed by atoms with van der Waals surface area (Å²) in [6.45, 7) is 3.37. The van der Waals surface area contributed by atoms with Gasteiger partial charge in [-0.2, -0.15) is 0 Å². The van der Waals surface area contributed by atoms with Gasteiger partial charge in [-0.05, 0) is 31.7 Å². The van der Waals surface area contributed by atoms with Gasteiger partial charge in [0.1, 0.15) is 11.5 Å². The Balaban J connectivity index is 2.85. The first-order valence-corrected chi connectivity index (χ1v) is 4.98. The molecule has 84 valence electrons. The van der Waals surface area contributed by atoms with Crippen molar-refractivity contribution in [1.29, 1.82) is 0 Å². The molecule has 1 aromatic carbocycles. The van der Waals surface area contributed by atoms with Gasteiger partial charge in [-0.25, -0.2) is 0 Å². The monoisotopic (exact) mass is 210 g/mol. The molecule has 4 N–H and O–H groups in total. The molecule has 1 rings (SSSR count). The molecule has 0 bridgehead atoms. The number of hydrogen-bond donors (Lipinski definition) is 3. The van der Waals surface area contributed by atoms with E-state index in [-0.39, 0.29) is 17.5 Å². The van der Waals surface area contributed by atoms with Gasteiger partial charge in [-0.15, -0.1) is 0 Å². The molecule has 0 spiro atoms. The second kappa shape index (κ2) is 5.00. The molecule has 0 fully saturated rings. The predicted octanol–water partition coefficient (Wildman–Crippen LogP) is 1.05. The van der Waals surface area contributed by atoms with Crippen molar-refractivity contribution >= 4 is 0 Å². The summed E-state index contributed by atoms with van der Waals surface area (Å²) in [5.41, 5.74) is 6.34. The molecule has 0 aromatic heterocycles. The van der Waals surface area contributed by atoms with Gasteiger partial charge in [0, 0.05) is 25.2 Å². The van der Waals surface area contributed by atoms with Crippen molar-refractivity contribution in [2.45, 2.75) is 13.0 Å². The lowest BCUT2D eigenvalue weighted by Crippen LogP contribution is -2.28. The maximum absolute atomic E-state index is 9.35. The number of likely N-dealkylation sites (N-methyl/N-ethyl adjacent to an activating group) is 1. The van der Waals surface area contributed by atoms with Gasteiger partial charge in [0.15, 0.2) is 0 Å². The van der Waals surface area contributed by atoms with Gasteiger partial charge in [0.25, 0.3) is 0 Å². The highest BCUT2D eigenvalue weighted by Gasteiger charge is 2.12. The SMILES string of the molecule is CC(c1cc(O)cc(O)c1)N(C)CCN. The minimum Gasteiger partial charge on any atom is -0.508 e. The summed E-state index contributed by atoms with van der Waals surface area (Å²) in [5, 5.41) is 18.7. The van der Waals surface area contributed by atoms with Crippen molar-refractivity contribution in [3.63, 3.8) is 0 Å². The molecule has 15 heavy (non-hydrogen) atoms. The molecule has 4 nitrogen and oxygen atoms in total. The Morgan fingerprint density at radius 3 is 2.27 bits per heavy atom. The van der Waals surface area contributed by atoms with Crippen molar-refractivity contribution in [3.8, 4) is 11.5 Å². The average molecular weight is 210 g/mol. The van der Waals surface area contributed by atoms with Crippen LogP contribution in [0.15, 0.2) is 18.2 Å². The van der Waals surface area contributed by atoms with Crippen LogP contribution in [0.25, 0.3) is 0 Å². The normalized spacial score (nSPS) is 13.1. The van der Waals surface area contributed by atoms with E-state index < -0.39 is 0 Å². The molecular weight excluding hydrogens is 192 g/mol. The summed E-state index contributed by atoms with van der Waals surface area (Å²) in [5.74, 6) is 0.163. The highest BCUT2D eigenvalue weighted by molar-refractivity contribution is 5.37. The Morgan fingerprint density at radius 2 is 1.80 bits per heavy atom. The number of phenolic OH excluding ortho intramolecular Hbond substituents is 2. The molecule has 0 amide bonds. The van der Waals surface area contributed by atoms with Crippen LogP contribution in [0.4, 0.5) is 0 Å². The van der Waals surface area contributed by atoms with Crippen molar-refractivity contribution in [3.05, 3.63) is 23.8 Å². The number of aromatic hydroxyl groups is 2. The Labute approximate surface area is 89.9 Å². The third-order valence-electron chi connectivity index (χ3n) is 2.55. The first-order valence-electron chi connectivity index (χ1n) is 4.98. The molecule has 1 aromatic rings. The van der Waals surface area contributed by atoms with Crippen molar-refractivity contribution in [1.82, 2.24) is 4.90 Å². The molecule has 0 aliphatic carbocycles. The van der Waals surface area contributed by atoms with Crippen molar-refractivity contribution < 1.29 is 10.2 Å². The molecule has 1 atom stereocenters. The minimum absolute atomic E-state index is 0.0815. The zero-order valence-corrected chi connectivity index (χ0v) is 9.14. The van der Waals surface area contributed by atoms with Crippen LogP contribution in [0.3, 0.4) is 0 Å². The van der Waals surface area contributed by atoms with Crippen molar-refractivity contribution in [2.24, 2.45) is 5.73 Å². The molecule has 1 unspecified atom stereocenters. The second-order valence-corrected chi connectivity index (χ2v) is 3.73. The number of hydrogen-bond acceptors (Lipinski definition) is 4. The third kappa shape index (κ3) is 3.11. The average Bonchev–Trinajstić information content (AvgIpc) is 2.15. The lowest BCUT2D eigenvalue weighted by molar-refractivity contribution is 0.268. The highest BCUT2D eigenvalue weighted by atomic mass is 16.3. The Hall–Kier alpha value is -1.26. The van der Waals surface area contributed by atoms with E-state index in [0.717, 1.165) is 12.1 Å². The molecule has 0 aliphatic rings. The summed E-state index contributed by atoms with van der Waals surface area (Å²) < 4.78 is 0. The van der Waals surface area contributed by atoms with E-state index in [0.29, 0.717) is 6.54 Å². The quantitative estimate of drug-likeness (QED) is 0.694. The lowest BCUT2D eigenvalue weighted by Gasteiger charge is -2.24.